The number of aliphatic hydroxyl groups is 1. The SMILES string of the molecule is CCc1cccc(NC(=O)COc2cccc3c2CCCC3O)c1. The van der Waals surface area contributed by atoms with Gasteiger partial charge in [-0.05, 0) is 60.6 Å². The van der Waals surface area contributed by atoms with E-state index in [1.165, 1.54) is 5.56 Å². The number of hydrogen-bond acceptors (Lipinski definition) is 3. The number of amides is 1. The Bertz CT molecular complexity index is 727. The fraction of sp³-hybridized carbons (Fsp3) is 0.350. The van der Waals surface area contributed by atoms with Crippen molar-refractivity contribution in [3.63, 3.8) is 0 Å². The highest BCUT2D eigenvalue weighted by atomic mass is 16.5. The van der Waals surface area contributed by atoms with Gasteiger partial charge in [-0.25, -0.2) is 0 Å². The summed E-state index contributed by atoms with van der Waals surface area (Å²) < 4.78 is 5.72. The molecule has 0 fully saturated rings. The molecule has 0 bridgehead atoms. The van der Waals surface area contributed by atoms with Crippen molar-refractivity contribution < 1.29 is 14.6 Å². The monoisotopic (exact) mass is 325 g/mol. The van der Waals surface area contributed by atoms with E-state index in [-0.39, 0.29) is 12.5 Å². The smallest absolute Gasteiger partial charge is 0.262 e. The number of fused-ring (bicyclic) bond motifs is 1. The van der Waals surface area contributed by atoms with E-state index < -0.39 is 6.10 Å². The molecule has 0 heterocycles. The van der Waals surface area contributed by atoms with E-state index in [0.717, 1.165) is 42.5 Å². The molecule has 0 radical (unpaired) electrons. The number of carbonyl (C=O) groups excluding carboxylic acids is 1. The Balaban J connectivity index is 1.63. The van der Waals surface area contributed by atoms with Crippen LogP contribution in [0.5, 0.6) is 5.75 Å². The third-order valence-corrected chi connectivity index (χ3v) is 4.41. The van der Waals surface area contributed by atoms with Crippen molar-refractivity contribution in [3.8, 4) is 5.75 Å². The van der Waals surface area contributed by atoms with E-state index in [2.05, 4.69) is 12.2 Å². The first-order chi connectivity index (χ1) is 11.7. The molecule has 4 nitrogen and oxygen atoms in total. The summed E-state index contributed by atoms with van der Waals surface area (Å²) in [6.07, 6.45) is 3.10. The molecule has 4 heteroatoms. The third-order valence-electron chi connectivity index (χ3n) is 4.41. The summed E-state index contributed by atoms with van der Waals surface area (Å²) in [5.74, 6) is 0.515. The predicted molar refractivity (Wildman–Crippen MR) is 94.3 cm³/mol. The highest BCUT2D eigenvalue weighted by Gasteiger charge is 2.21. The number of carbonyl (C=O) groups is 1. The van der Waals surface area contributed by atoms with Gasteiger partial charge in [0.05, 0.1) is 6.10 Å². The fourth-order valence-corrected chi connectivity index (χ4v) is 3.13. The zero-order valence-corrected chi connectivity index (χ0v) is 13.9. The van der Waals surface area contributed by atoms with Crippen LogP contribution in [0, 0.1) is 0 Å². The average molecular weight is 325 g/mol. The number of aryl methyl sites for hydroxylation is 1. The Labute approximate surface area is 142 Å². The van der Waals surface area contributed by atoms with E-state index in [4.69, 9.17) is 4.74 Å². The molecular formula is C20H23NO3. The molecule has 1 unspecified atom stereocenters. The summed E-state index contributed by atoms with van der Waals surface area (Å²) in [6.45, 7) is 2.04. The van der Waals surface area contributed by atoms with Gasteiger partial charge in [0.1, 0.15) is 5.75 Å². The Kier molecular flexibility index (Phi) is 5.16. The maximum Gasteiger partial charge on any atom is 0.262 e. The topological polar surface area (TPSA) is 58.6 Å². The van der Waals surface area contributed by atoms with Crippen molar-refractivity contribution in [2.24, 2.45) is 0 Å². The van der Waals surface area contributed by atoms with Gasteiger partial charge in [0.2, 0.25) is 0 Å². The highest BCUT2D eigenvalue weighted by molar-refractivity contribution is 5.91. The normalized spacial score (nSPS) is 16.3. The van der Waals surface area contributed by atoms with Crippen LogP contribution in [-0.4, -0.2) is 17.6 Å². The largest absolute Gasteiger partial charge is 0.483 e. The van der Waals surface area contributed by atoms with Crippen LogP contribution in [0.1, 0.15) is 42.6 Å². The molecule has 1 atom stereocenters. The Morgan fingerprint density at radius 2 is 2.12 bits per heavy atom. The van der Waals surface area contributed by atoms with E-state index in [1.54, 1.807) is 0 Å². The fourth-order valence-electron chi connectivity index (χ4n) is 3.13. The molecule has 2 aromatic rings. The minimum absolute atomic E-state index is 0.0388. The third kappa shape index (κ3) is 3.77. The number of benzene rings is 2. The molecule has 3 rings (SSSR count). The van der Waals surface area contributed by atoms with Gasteiger partial charge in [0.25, 0.3) is 5.91 Å². The van der Waals surface area contributed by atoms with Crippen molar-refractivity contribution in [1.29, 1.82) is 0 Å². The van der Waals surface area contributed by atoms with Gasteiger partial charge >= 0.3 is 0 Å². The average Bonchev–Trinajstić information content (AvgIpc) is 2.60. The summed E-state index contributed by atoms with van der Waals surface area (Å²) in [5, 5.41) is 12.9. The first kappa shape index (κ1) is 16.5. The summed E-state index contributed by atoms with van der Waals surface area (Å²) in [6, 6.07) is 13.5. The van der Waals surface area contributed by atoms with Gasteiger partial charge in [-0.1, -0.05) is 31.2 Å². The van der Waals surface area contributed by atoms with E-state index in [1.807, 2.05) is 42.5 Å². The quantitative estimate of drug-likeness (QED) is 0.882. The lowest BCUT2D eigenvalue weighted by molar-refractivity contribution is -0.118. The second kappa shape index (κ2) is 7.49. The van der Waals surface area contributed by atoms with Crippen LogP contribution in [0.4, 0.5) is 5.69 Å². The summed E-state index contributed by atoms with van der Waals surface area (Å²) in [7, 11) is 0. The van der Waals surface area contributed by atoms with Crippen LogP contribution in [0.3, 0.4) is 0 Å². The lowest BCUT2D eigenvalue weighted by Crippen LogP contribution is -2.21. The van der Waals surface area contributed by atoms with Crippen LogP contribution in [0.15, 0.2) is 42.5 Å². The highest BCUT2D eigenvalue weighted by Crippen LogP contribution is 2.35. The Morgan fingerprint density at radius 3 is 2.96 bits per heavy atom. The van der Waals surface area contributed by atoms with Gasteiger partial charge < -0.3 is 15.2 Å². The summed E-state index contributed by atoms with van der Waals surface area (Å²) in [4.78, 5) is 12.1. The van der Waals surface area contributed by atoms with Crippen LogP contribution in [-0.2, 0) is 17.6 Å². The van der Waals surface area contributed by atoms with Gasteiger partial charge in [0.15, 0.2) is 6.61 Å². The Hall–Kier alpha value is -2.33. The first-order valence-corrected chi connectivity index (χ1v) is 8.49. The molecule has 0 saturated heterocycles. The van der Waals surface area contributed by atoms with Gasteiger partial charge in [-0.15, -0.1) is 0 Å². The maximum atomic E-state index is 12.1. The number of rotatable bonds is 5. The van der Waals surface area contributed by atoms with E-state index >= 15 is 0 Å². The molecular weight excluding hydrogens is 302 g/mol. The zero-order valence-electron chi connectivity index (χ0n) is 13.9. The van der Waals surface area contributed by atoms with Crippen LogP contribution < -0.4 is 10.1 Å². The van der Waals surface area contributed by atoms with Gasteiger partial charge in [-0.3, -0.25) is 4.79 Å². The number of anilines is 1. The number of nitrogens with one attached hydrogen (secondary N) is 1. The Morgan fingerprint density at radius 1 is 1.29 bits per heavy atom. The molecule has 0 saturated carbocycles. The van der Waals surface area contributed by atoms with Crippen LogP contribution in [0.2, 0.25) is 0 Å². The van der Waals surface area contributed by atoms with Gasteiger partial charge in [0, 0.05) is 5.69 Å². The molecule has 0 aromatic heterocycles. The van der Waals surface area contributed by atoms with Crippen molar-refractivity contribution in [2.45, 2.75) is 38.7 Å². The van der Waals surface area contributed by atoms with E-state index in [9.17, 15) is 9.90 Å². The van der Waals surface area contributed by atoms with Crippen molar-refractivity contribution in [3.05, 3.63) is 59.2 Å². The molecule has 1 aliphatic rings. The van der Waals surface area contributed by atoms with Crippen molar-refractivity contribution in [2.75, 3.05) is 11.9 Å². The lowest BCUT2D eigenvalue weighted by atomic mass is 9.89. The predicted octanol–water partition coefficient (Wildman–Crippen LogP) is 3.64. The number of ether oxygens (including phenoxy) is 1. The first-order valence-electron chi connectivity index (χ1n) is 8.49. The standard InChI is InChI=1S/C20H23NO3/c1-2-14-6-3-7-15(12-14)21-20(23)13-24-19-11-5-8-16-17(19)9-4-10-18(16)22/h3,5-8,11-12,18,22H,2,4,9-10,13H2,1H3,(H,21,23). The number of aliphatic hydroxyl groups excluding tert-OH is 1. The van der Waals surface area contributed by atoms with E-state index in [0.29, 0.717) is 5.75 Å². The number of hydrogen-bond donors (Lipinski definition) is 2. The second-order valence-electron chi connectivity index (χ2n) is 6.12. The van der Waals surface area contributed by atoms with Crippen LogP contribution in [0.25, 0.3) is 0 Å². The molecule has 24 heavy (non-hydrogen) atoms. The van der Waals surface area contributed by atoms with Gasteiger partial charge in [-0.2, -0.15) is 0 Å². The summed E-state index contributed by atoms with van der Waals surface area (Å²) >= 11 is 0. The minimum atomic E-state index is -0.428. The molecule has 0 aliphatic heterocycles. The maximum absolute atomic E-state index is 12.1. The summed E-state index contributed by atoms with van der Waals surface area (Å²) in [5.41, 5.74) is 3.92. The van der Waals surface area contributed by atoms with Crippen molar-refractivity contribution >= 4 is 11.6 Å². The van der Waals surface area contributed by atoms with Crippen molar-refractivity contribution in [1.82, 2.24) is 0 Å². The molecule has 1 aliphatic carbocycles. The second-order valence-corrected chi connectivity index (χ2v) is 6.12. The lowest BCUT2D eigenvalue weighted by Gasteiger charge is -2.23. The minimum Gasteiger partial charge on any atom is -0.483 e. The van der Waals surface area contributed by atoms with Crippen LogP contribution >= 0.6 is 0 Å². The zero-order chi connectivity index (χ0) is 16.9. The molecule has 126 valence electrons. The molecule has 2 N–H and O–H groups in total. The molecule has 0 spiro atoms. The molecule has 2 aromatic carbocycles. The molecule has 1 amide bonds.